The third-order valence-corrected chi connectivity index (χ3v) is 1.81. The first-order valence-corrected chi connectivity index (χ1v) is 4.49. The van der Waals surface area contributed by atoms with E-state index in [1.165, 1.54) is 0 Å². The summed E-state index contributed by atoms with van der Waals surface area (Å²) >= 11 is 0. The van der Waals surface area contributed by atoms with Crippen molar-refractivity contribution in [3.63, 3.8) is 0 Å². The second kappa shape index (κ2) is 7.23. The van der Waals surface area contributed by atoms with Crippen LogP contribution in [-0.2, 0) is 11.3 Å². The molecular weight excluding hydrogens is 214 g/mol. The molecule has 4 N–H and O–H groups in total. The predicted octanol–water partition coefficient (Wildman–Crippen LogP) is 0.725. The number of halogens is 1. The van der Waals surface area contributed by atoms with Gasteiger partial charge >= 0.3 is 0 Å². The monoisotopic (exact) mass is 229 g/mol. The van der Waals surface area contributed by atoms with E-state index in [0.717, 1.165) is 11.3 Å². The highest BCUT2D eigenvalue weighted by Gasteiger charge is 1.99. The van der Waals surface area contributed by atoms with Gasteiger partial charge in [-0.2, -0.15) is 0 Å². The van der Waals surface area contributed by atoms with Crippen LogP contribution in [0.1, 0.15) is 5.56 Å². The van der Waals surface area contributed by atoms with E-state index in [4.69, 9.17) is 5.73 Å². The first-order chi connectivity index (χ1) is 6.76. The largest absolute Gasteiger partial charge is 0.326 e. The lowest BCUT2D eigenvalue weighted by atomic mass is 10.2. The lowest BCUT2D eigenvalue weighted by molar-refractivity contribution is -0.115. The van der Waals surface area contributed by atoms with E-state index in [0.29, 0.717) is 13.1 Å². The molecule has 0 aliphatic carbocycles. The van der Waals surface area contributed by atoms with Crippen molar-refractivity contribution in [2.45, 2.75) is 6.54 Å². The summed E-state index contributed by atoms with van der Waals surface area (Å²) in [5, 5.41) is 5.53. The van der Waals surface area contributed by atoms with E-state index < -0.39 is 0 Å². The summed E-state index contributed by atoms with van der Waals surface area (Å²) in [6.07, 6.45) is 0. The van der Waals surface area contributed by atoms with Gasteiger partial charge in [0, 0.05) is 12.2 Å². The van der Waals surface area contributed by atoms with Crippen molar-refractivity contribution in [2.24, 2.45) is 5.73 Å². The van der Waals surface area contributed by atoms with Crippen LogP contribution in [0.2, 0.25) is 0 Å². The van der Waals surface area contributed by atoms with Gasteiger partial charge in [-0.15, -0.1) is 12.4 Å². The SMILES string of the molecule is CNCC(=O)Nc1ccc(CN)cc1.Cl. The Kier molecular flexibility index (Phi) is 6.70. The molecule has 0 aromatic heterocycles. The molecule has 0 heterocycles. The van der Waals surface area contributed by atoms with Crippen LogP contribution in [0.5, 0.6) is 0 Å². The summed E-state index contributed by atoms with van der Waals surface area (Å²) in [6.45, 7) is 0.837. The van der Waals surface area contributed by atoms with Gasteiger partial charge in [-0.25, -0.2) is 0 Å². The van der Waals surface area contributed by atoms with E-state index in [1.54, 1.807) is 7.05 Å². The third-order valence-electron chi connectivity index (χ3n) is 1.81. The molecule has 0 saturated carbocycles. The molecule has 84 valence electrons. The number of nitrogens with two attached hydrogens (primary N) is 1. The summed E-state index contributed by atoms with van der Waals surface area (Å²) in [5.74, 6) is -0.0481. The minimum absolute atomic E-state index is 0. The van der Waals surface area contributed by atoms with Gasteiger partial charge in [0.15, 0.2) is 0 Å². The Labute approximate surface area is 95.6 Å². The maximum absolute atomic E-state index is 11.2. The smallest absolute Gasteiger partial charge is 0.238 e. The van der Waals surface area contributed by atoms with Crippen molar-refractivity contribution >= 4 is 24.0 Å². The number of nitrogens with one attached hydrogen (secondary N) is 2. The highest BCUT2D eigenvalue weighted by molar-refractivity contribution is 5.92. The van der Waals surface area contributed by atoms with E-state index >= 15 is 0 Å². The second-order valence-corrected chi connectivity index (χ2v) is 2.98. The second-order valence-electron chi connectivity index (χ2n) is 2.98. The molecule has 1 amide bonds. The maximum atomic E-state index is 11.2. The molecular formula is C10H16ClN3O. The van der Waals surface area contributed by atoms with E-state index in [9.17, 15) is 4.79 Å². The molecule has 1 aromatic carbocycles. The Hall–Kier alpha value is -1.10. The van der Waals surface area contributed by atoms with Crippen LogP contribution in [-0.4, -0.2) is 19.5 Å². The van der Waals surface area contributed by atoms with Crippen LogP contribution in [0.25, 0.3) is 0 Å². The number of carbonyl (C=O) groups excluding carboxylic acids is 1. The molecule has 5 heteroatoms. The van der Waals surface area contributed by atoms with Crippen molar-refractivity contribution in [1.29, 1.82) is 0 Å². The molecule has 1 rings (SSSR count). The van der Waals surface area contributed by atoms with E-state index in [1.807, 2.05) is 24.3 Å². The van der Waals surface area contributed by atoms with Crippen LogP contribution < -0.4 is 16.4 Å². The number of carbonyl (C=O) groups is 1. The maximum Gasteiger partial charge on any atom is 0.238 e. The normalized spacial score (nSPS) is 9.20. The van der Waals surface area contributed by atoms with Gasteiger partial charge in [-0.1, -0.05) is 12.1 Å². The molecule has 4 nitrogen and oxygen atoms in total. The highest BCUT2D eigenvalue weighted by atomic mass is 35.5. The number of benzene rings is 1. The molecule has 0 spiro atoms. The number of hydrogen-bond acceptors (Lipinski definition) is 3. The fourth-order valence-electron chi connectivity index (χ4n) is 1.09. The molecule has 15 heavy (non-hydrogen) atoms. The van der Waals surface area contributed by atoms with Gasteiger partial charge in [0.25, 0.3) is 0 Å². The molecule has 0 aliphatic heterocycles. The first-order valence-electron chi connectivity index (χ1n) is 4.49. The standard InChI is InChI=1S/C10H15N3O.ClH/c1-12-7-10(14)13-9-4-2-8(6-11)3-5-9;/h2-5,12H,6-7,11H2,1H3,(H,13,14);1H. The molecule has 0 unspecified atom stereocenters. The zero-order chi connectivity index (χ0) is 10.4. The minimum atomic E-state index is -0.0481. The van der Waals surface area contributed by atoms with Gasteiger partial charge in [0.1, 0.15) is 0 Å². The Morgan fingerprint density at radius 3 is 2.40 bits per heavy atom. The average molecular weight is 230 g/mol. The molecule has 0 radical (unpaired) electrons. The highest BCUT2D eigenvalue weighted by Crippen LogP contribution is 2.08. The zero-order valence-electron chi connectivity index (χ0n) is 8.62. The fourth-order valence-corrected chi connectivity index (χ4v) is 1.09. The average Bonchev–Trinajstić information content (AvgIpc) is 2.19. The van der Waals surface area contributed by atoms with Crippen LogP contribution in [0.15, 0.2) is 24.3 Å². The predicted molar refractivity (Wildman–Crippen MR) is 64.1 cm³/mol. The number of rotatable bonds is 4. The van der Waals surface area contributed by atoms with Gasteiger partial charge in [0.2, 0.25) is 5.91 Å². The topological polar surface area (TPSA) is 67.2 Å². The van der Waals surface area contributed by atoms with E-state index in [-0.39, 0.29) is 18.3 Å². The molecule has 0 aliphatic rings. The van der Waals surface area contributed by atoms with Crippen LogP contribution in [0, 0.1) is 0 Å². The van der Waals surface area contributed by atoms with Gasteiger partial charge in [-0.05, 0) is 24.7 Å². The summed E-state index contributed by atoms with van der Waals surface area (Å²) in [7, 11) is 1.73. The Balaban J connectivity index is 0.00000196. The fraction of sp³-hybridized carbons (Fsp3) is 0.300. The Morgan fingerprint density at radius 1 is 1.33 bits per heavy atom. The quantitative estimate of drug-likeness (QED) is 0.713. The first kappa shape index (κ1) is 13.9. The van der Waals surface area contributed by atoms with Gasteiger partial charge < -0.3 is 16.4 Å². The lowest BCUT2D eigenvalue weighted by Gasteiger charge is -2.05. The lowest BCUT2D eigenvalue weighted by Crippen LogP contribution is -2.24. The number of hydrogen-bond donors (Lipinski definition) is 3. The molecule has 0 saturated heterocycles. The van der Waals surface area contributed by atoms with Crippen molar-refractivity contribution in [1.82, 2.24) is 5.32 Å². The summed E-state index contributed by atoms with van der Waals surface area (Å²) in [4.78, 5) is 11.2. The Bertz CT molecular complexity index is 300. The summed E-state index contributed by atoms with van der Waals surface area (Å²) in [5.41, 5.74) is 7.30. The molecule has 0 atom stereocenters. The minimum Gasteiger partial charge on any atom is -0.326 e. The number of anilines is 1. The van der Waals surface area contributed by atoms with Crippen molar-refractivity contribution in [2.75, 3.05) is 18.9 Å². The number of amides is 1. The van der Waals surface area contributed by atoms with Crippen molar-refractivity contribution in [3.05, 3.63) is 29.8 Å². The van der Waals surface area contributed by atoms with Crippen LogP contribution >= 0.6 is 12.4 Å². The van der Waals surface area contributed by atoms with Crippen molar-refractivity contribution < 1.29 is 4.79 Å². The molecule has 0 bridgehead atoms. The Morgan fingerprint density at radius 2 is 1.93 bits per heavy atom. The van der Waals surface area contributed by atoms with Crippen LogP contribution in [0.4, 0.5) is 5.69 Å². The molecule has 1 aromatic rings. The van der Waals surface area contributed by atoms with Gasteiger partial charge in [-0.3, -0.25) is 4.79 Å². The van der Waals surface area contributed by atoms with Crippen molar-refractivity contribution in [3.8, 4) is 0 Å². The van der Waals surface area contributed by atoms with Gasteiger partial charge in [0.05, 0.1) is 6.54 Å². The summed E-state index contributed by atoms with van der Waals surface area (Å²) < 4.78 is 0. The number of likely N-dealkylation sites (N-methyl/N-ethyl adjacent to an activating group) is 1. The summed E-state index contributed by atoms with van der Waals surface area (Å²) in [6, 6.07) is 7.48. The zero-order valence-corrected chi connectivity index (χ0v) is 9.43. The molecule has 0 fully saturated rings. The van der Waals surface area contributed by atoms with Crippen LogP contribution in [0.3, 0.4) is 0 Å². The van der Waals surface area contributed by atoms with E-state index in [2.05, 4.69) is 10.6 Å². The third kappa shape index (κ3) is 4.78.